The molecule has 2 aromatic carbocycles. The topological polar surface area (TPSA) is 116 Å². The molecule has 0 amide bonds. The predicted molar refractivity (Wildman–Crippen MR) is 150 cm³/mol. The lowest BCUT2D eigenvalue weighted by Gasteiger charge is -2.30. The molecule has 0 saturated carbocycles. The molecule has 2 rings (SSSR count). The van der Waals surface area contributed by atoms with Crippen LogP contribution in [0.4, 0.5) is 0 Å². The van der Waals surface area contributed by atoms with Gasteiger partial charge in [-0.2, -0.15) is 0 Å². The fraction of sp³-hybridized carbons (Fsp3) is 0.536. The van der Waals surface area contributed by atoms with Gasteiger partial charge in [0.1, 0.15) is 5.75 Å². The Bertz CT molecular complexity index is 1240. The van der Waals surface area contributed by atoms with Gasteiger partial charge in [0.05, 0.1) is 11.2 Å². The van der Waals surface area contributed by atoms with E-state index in [-0.39, 0.29) is 12.3 Å². The van der Waals surface area contributed by atoms with Crippen LogP contribution in [0.3, 0.4) is 0 Å². The van der Waals surface area contributed by atoms with Crippen LogP contribution >= 0.6 is 7.82 Å². The highest BCUT2D eigenvalue weighted by atomic mass is 32.2. The Morgan fingerprint density at radius 2 is 1.29 bits per heavy atom. The van der Waals surface area contributed by atoms with Crippen LogP contribution in [-0.4, -0.2) is 41.7 Å². The molecule has 0 aliphatic carbocycles. The van der Waals surface area contributed by atoms with E-state index in [0.717, 1.165) is 22.9 Å². The molecule has 38 heavy (non-hydrogen) atoms. The summed E-state index contributed by atoms with van der Waals surface area (Å²) in [5.74, 6) is -1.25. The first-order valence-corrected chi connectivity index (χ1v) is 15.9. The summed E-state index contributed by atoms with van der Waals surface area (Å²) in [6.07, 6.45) is 1.54. The summed E-state index contributed by atoms with van der Waals surface area (Å²) in [5.41, 5.74) is 1.15. The first-order valence-electron chi connectivity index (χ1n) is 12.5. The van der Waals surface area contributed by atoms with E-state index in [9.17, 15) is 22.9 Å². The number of aliphatic carboxylic acids is 1. The van der Waals surface area contributed by atoms with E-state index in [1.54, 1.807) is 53.7 Å². The molecule has 0 aliphatic rings. The van der Waals surface area contributed by atoms with E-state index in [2.05, 4.69) is 0 Å². The van der Waals surface area contributed by atoms with Crippen LogP contribution in [0.5, 0.6) is 5.75 Å². The molecule has 8 nitrogen and oxygen atoms in total. The maximum Gasteiger partial charge on any atom is 0.531 e. The third-order valence-electron chi connectivity index (χ3n) is 5.96. The summed E-state index contributed by atoms with van der Waals surface area (Å²) in [7, 11) is -7.73. The van der Waals surface area contributed by atoms with Crippen molar-refractivity contribution >= 4 is 23.6 Å². The van der Waals surface area contributed by atoms with Crippen LogP contribution in [0.1, 0.15) is 79.7 Å². The zero-order valence-electron chi connectivity index (χ0n) is 23.8. The van der Waals surface area contributed by atoms with Crippen LogP contribution in [0.2, 0.25) is 0 Å². The van der Waals surface area contributed by atoms with E-state index < -0.39 is 39.6 Å². The van der Waals surface area contributed by atoms with Crippen molar-refractivity contribution in [3.8, 4) is 16.9 Å². The third-order valence-corrected chi connectivity index (χ3v) is 9.91. The summed E-state index contributed by atoms with van der Waals surface area (Å²) in [5, 5.41) is 9.63. The summed E-state index contributed by atoms with van der Waals surface area (Å²) < 4.78 is 53.0. The highest BCUT2D eigenvalue weighted by Gasteiger charge is 2.45. The van der Waals surface area contributed by atoms with E-state index in [0.29, 0.717) is 12.2 Å². The van der Waals surface area contributed by atoms with E-state index in [4.69, 9.17) is 13.6 Å². The molecule has 0 radical (unpaired) electrons. The fourth-order valence-electron chi connectivity index (χ4n) is 3.88. The number of benzene rings is 2. The highest BCUT2D eigenvalue weighted by molar-refractivity contribution is 7.92. The molecule has 0 bridgehead atoms. The number of carboxylic acids is 1. The smallest absolute Gasteiger partial charge is 0.480 e. The van der Waals surface area contributed by atoms with Gasteiger partial charge in [0.15, 0.2) is 14.6 Å². The molecular formula is C28H41O8PS. The lowest BCUT2D eigenvalue weighted by atomic mass is 9.86. The summed E-state index contributed by atoms with van der Waals surface area (Å²) in [4.78, 5) is 11.8. The van der Waals surface area contributed by atoms with Crippen molar-refractivity contribution in [3.05, 3.63) is 54.1 Å². The Hall–Kier alpha value is -2.19. The maximum atomic E-state index is 13.4. The largest absolute Gasteiger partial charge is 0.531 e. The number of carbonyl (C=O) groups is 1. The molecule has 0 heterocycles. The quantitative estimate of drug-likeness (QED) is 0.282. The SMILES string of the molecule is CCC(C[C@](C)(C(=O)O)S(C)(=O)=O)c1ccc(-c2ccc(OP(=O)(OC(C)(C)C)OC(C)(C)C)cc2)cc1. The third kappa shape index (κ3) is 8.67. The Balaban J connectivity index is 2.26. The first-order chi connectivity index (χ1) is 17.2. The van der Waals surface area contributed by atoms with Gasteiger partial charge in [-0.3, -0.25) is 13.8 Å². The second kappa shape index (κ2) is 11.5. The standard InChI is InChI=1S/C28H41O8PS/c1-10-20(19-28(8,25(29)30)38(9,32)33)21-11-13-22(14-12-21)23-15-17-24(18-16-23)34-37(31,35-26(2,3)4)36-27(5,6)7/h11-18,20H,10,19H2,1-9H3,(H,29,30)/t20?,28-/m1/s1. The second-order valence-electron chi connectivity index (χ2n) is 11.7. The van der Waals surface area contributed by atoms with Crippen LogP contribution in [0.15, 0.2) is 48.5 Å². The van der Waals surface area contributed by atoms with E-state index >= 15 is 0 Å². The molecule has 0 spiro atoms. The van der Waals surface area contributed by atoms with E-state index in [1.807, 2.05) is 43.3 Å². The lowest BCUT2D eigenvalue weighted by Crippen LogP contribution is -2.44. The zero-order valence-corrected chi connectivity index (χ0v) is 25.5. The monoisotopic (exact) mass is 568 g/mol. The average Bonchev–Trinajstić information content (AvgIpc) is 2.74. The number of hydrogen-bond donors (Lipinski definition) is 1. The van der Waals surface area contributed by atoms with Crippen LogP contribution in [0, 0.1) is 0 Å². The predicted octanol–water partition coefficient (Wildman–Crippen LogP) is 7.24. The molecule has 2 atom stereocenters. The van der Waals surface area contributed by atoms with Crippen molar-refractivity contribution in [3.63, 3.8) is 0 Å². The maximum absolute atomic E-state index is 13.4. The normalized spacial score (nSPS) is 15.5. The Kier molecular flexibility index (Phi) is 9.70. The molecular weight excluding hydrogens is 527 g/mol. The minimum atomic E-state index is -3.91. The number of carboxylic acid groups (broad SMARTS) is 1. The molecule has 0 aliphatic heterocycles. The molecule has 10 heteroatoms. The van der Waals surface area contributed by atoms with Gasteiger partial charge in [0, 0.05) is 6.26 Å². The van der Waals surface area contributed by atoms with Crippen LogP contribution in [-0.2, 0) is 28.2 Å². The molecule has 0 fully saturated rings. The summed E-state index contributed by atoms with van der Waals surface area (Å²) in [6, 6.07) is 14.6. The van der Waals surface area contributed by atoms with Crippen LogP contribution < -0.4 is 4.52 Å². The minimum Gasteiger partial charge on any atom is -0.480 e. The van der Waals surface area contributed by atoms with Gasteiger partial charge in [-0.1, -0.05) is 43.3 Å². The van der Waals surface area contributed by atoms with Crippen molar-refractivity contribution < 1.29 is 36.5 Å². The van der Waals surface area contributed by atoms with Gasteiger partial charge in [0.2, 0.25) is 0 Å². The summed E-state index contributed by atoms with van der Waals surface area (Å²) >= 11 is 0. The van der Waals surface area contributed by atoms with Gasteiger partial charge in [0.25, 0.3) is 0 Å². The second-order valence-corrected chi connectivity index (χ2v) is 15.6. The van der Waals surface area contributed by atoms with Gasteiger partial charge >= 0.3 is 13.8 Å². The molecule has 1 N–H and O–H groups in total. The number of phosphoric ester groups is 1. The Labute approximate surface area is 227 Å². The Morgan fingerprint density at radius 3 is 1.63 bits per heavy atom. The van der Waals surface area contributed by atoms with Crippen LogP contribution in [0.25, 0.3) is 11.1 Å². The number of rotatable bonds is 11. The Morgan fingerprint density at radius 1 is 0.868 bits per heavy atom. The van der Waals surface area contributed by atoms with Crippen molar-refractivity contribution in [1.29, 1.82) is 0 Å². The molecule has 0 aromatic heterocycles. The summed E-state index contributed by atoms with van der Waals surface area (Å²) in [6.45, 7) is 13.8. The lowest BCUT2D eigenvalue weighted by molar-refractivity contribution is -0.140. The number of hydrogen-bond acceptors (Lipinski definition) is 7. The molecule has 2 aromatic rings. The van der Waals surface area contributed by atoms with Crippen molar-refractivity contribution in [2.24, 2.45) is 0 Å². The van der Waals surface area contributed by atoms with Crippen molar-refractivity contribution in [2.45, 2.75) is 90.1 Å². The van der Waals surface area contributed by atoms with Gasteiger partial charge < -0.3 is 9.63 Å². The molecule has 212 valence electrons. The van der Waals surface area contributed by atoms with Gasteiger partial charge in [-0.15, -0.1) is 0 Å². The first kappa shape index (κ1) is 32.0. The van der Waals surface area contributed by atoms with Gasteiger partial charge in [-0.25, -0.2) is 13.0 Å². The average molecular weight is 569 g/mol. The minimum absolute atomic E-state index is 0.0175. The fourth-order valence-corrected chi connectivity index (χ4v) is 6.53. The zero-order chi connectivity index (χ0) is 29.2. The number of phosphoric acid groups is 1. The molecule has 1 unspecified atom stereocenters. The van der Waals surface area contributed by atoms with E-state index in [1.165, 1.54) is 6.92 Å². The molecule has 0 saturated heterocycles. The van der Waals surface area contributed by atoms with Crippen molar-refractivity contribution in [2.75, 3.05) is 6.26 Å². The van der Waals surface area contributed by atoms with Crippen molar-refractivity contribution in [1.82, 2.24) is 0 Å². The number of sulfone groups is 1. The highest BCUT2D eigenvalue weighted by Crippen LogP contribution is 2.55. The van der Waals surface area contributed by atoms with Gasteiger partial charge in [-0.05, 0) is 96.0 Å².